The van der Waals surface area contributed by atoms with E-state index in [0.29, 0.717) is 29.4 Å². The Balaban J connectivity index is 1.46. The zero-order chi connectivity index (χ0) is 16.8. The van der Waals surface area contributed by atoms with Gasteiger partial charge in [-0.05, 0) is 24.3 Å². The number of nitrogens with one attached hydrogen (secondary N) is 1. The summed E-state index contributed by atoms with van der Waals surface area (Å²) in [5.74, 6) is 1.33. The van der Waals surface area contributed by atoms with E-state index in [1.807, 2.05) is 24.3 Å². The van der Waals surface area contributed by atoms with Crippen molar-refractivity contribution in [3.63, 3.8) is 0 Å². The van der Waals surface area contributed by atoms with Crippen LogP contribution in [0.3, 0.4) is 0 Å². The Hall–Kier alpha value is -2.72. The number of esters is 1. The number of carbonyl (C=O) groups excluding carboxylic acids is 1. The molecule has 1 aliphatic heterocycles. The van der Waals surface area contributed by atoms with Gasteiger partial charge in [0, 0.05) is 16.8 Å². The topological polar surface area (TPSA) is 84.2 Å². The maximum atomic E-state index is 12.1. The molecule has 1 aliphatic rings. The highest BCUT2D eigenvalue weighted by Crippen LogP contribution is 2.35. The first-order valence-corrected chi connectivity index (χ1v) is 8.40. The number of hydrogen-bond acceptors (Lipinski definition) is 7. The smallest absolute Gasteiger partial charge is 0.348 e. The summed E-state index contributed by atoms with van der Waals surface area (Å²) in [6, 6.07) is 13.0. The Morgan fingerprint density at radius 1 is 1.42 bits per heavy atom. The van der Waals surface area contributed by atoms with E-state index in [2.05, 4.69) is 16.4 Å². The Bertz CT molecular complexity index is 776. The lowest BCUT2D eigenvalue weighted by atomic mass is 10.3. The second kappa shape index (κ2) is 7.70. The van der Waals surface area contributed by atoms with Crippen LogP contribution in [0.25, 0.3) is 0 Å². The molecule has 0 amide bonds. The number of thioether (sulfide) groups is 1. The van der Waals surface area contributed by atoms with E-state index in [-0.39, 0.29) is 12.6 Å². The molecule has 1 N–H and O–H groups in total. The fourth-order valence-corrected chi connectivity index (χ4v) is 3.15. The molecular formula is C17H15N3O3S. The molecular weight excluding hydrogens is 326 g/mol. The zero-order valence-electron chi connectivity index (χ0n) is 12.8. The molecule has 0 saturated heterocycles. The average molecular weight is 341 g/mol. The van der Waals surface area contributed by atoms with Crippen LogP contribution in [0.1, 0.15) is 5.56 Å². The summed E-state index contributed by atoms with van der Waals surface area (Å²) < 4.78 is 10.9. The van der Waals surface area contributed by atoms with Crippen molar-refractivity contribution in [3.8, 4) is 11.8 Å². The predicted octanol–water partition coefficient (Wildman–Crippen LogP) is 2.46. The van der Waals surface area contributed by atoms with E-state index in [9.17, 15) is 4.79 Å². The van der Waals surface area contributed by atoms with E-state index in [0.717, 1.165) is 4.90 Å². The Labute approximate surface area is 143 Å². The van der Waals surface area contributed by atoms with Crippen LogP contribution in [0.2, 0.25) is 0 Å². The van der Waals surface area contributed by atoms with E-state index in [1.165, 1.54) is 0 Å². The van der Waals surface area contributed by atoms with Crippen molar-refractivity contribution in [2.45, 2.75) is 11.0 Å². The number of rotatable bonds is 5. The van der Waals surface area contributed by atoms with Gasteiger partial charge in [0.05, 0.1) is 12.1 Å². The molecule has 0 aliphatic carbocycles. The first kappa shape index (κ1) is 16.1. The molecule has 1 aromatic carbocycles. The predicted molar refractivity (Wildman–Crippen MR) is 90.0 cm³/mol. The molecule has 0 saturated carbocycles. The average Bonchev–Trinajstić information content (AvgIpc) is 2.65. The second-order valence-corrected chi connectivity index (χ2v) is 6.03. The third kappa shape index (κ3) is 3.78. The fraction of sp³-hybridized carbons (Fsp3) is 0.235. The molecule has 1 aromatic heterocycles. The molecule has 0 bridgehead atoms. The summed E-state index contributed by atoms with van der Waals surface area (Å²) in [4.78, 5) is 17.2. The summed E-state index contributed by atoms with van der Waals surface area (Å²) in [6.45, 7) is 0.542. The minimum atomic E-state index is -0.602. The molecule has 3 rings (SSSR count). The maximum Gasteiger partial charge on any atom is 0.348 e. The van der Waals surface area contributed by atoms with Gasteiger partial charge in [-0.3, -0.25) is 0 Å². The maximum absolute atomic E-state index is 12.1. The van der Waals surface area contributed by atoms with Crippen molar-refractivity contribution in [1.29, 1.82) is 5.26 Å². The minimum absolute atomic E-state index is 0.173. The Morgan fingerprint density at radius 2 is 2.29 bits per heavy atom. The summed E-state index contributed by atoms with van der Waals surface area (Å²) in [5.41, 5.74) is 0.451. The van der Waals surface area contributed by atoms with Gasteiger partial charge in [0.2, 0.25) is 6.10 Å². The summed E-state index contributed by atoms with van der Waals surface area (Å²) >= 11 is 1.58. The van der Waals surface area contributed by atoms with Crippen molar-refractivity contribution in [1.82, 2.24) is 4.98 Å². The van der Waals surface area contributed by atoms with Crippen LogP contribution >= 0.6 is 11.8 Å². The van der Waals surface area contributed by atoms with Crippen LogP contribution in [0, 0.1) is 11.3 Å². The highest BCUT2D eigenvalue weighted by molar-refractivity contribution is 7.99. The molecule has 7 heteroatoms. The molecule has 0 radical (unpaired) electrons. The molecule has 6 nitrogen and oxygen atoms in total. The van der Waals surface area contributed by atoms with Gasteiger partial charge in [-0.1, -0.05) is 12.1 Å². The number of nitriles is 1. The summed E-state index contributed by atoms with van der Waals surface area (Å²) in [5, 5.41) is 12.0. The second-order valence-electron chi connectivity index (χ2n) is 4.97. The number of benzene rings is 1. The molecule has 0 unspecified atom stereocenters. The number of fused-ring (bicyclic) bond motifs is 1. The number of ether oxygens (including phenoxy) is 2. The molecule has 2 heterocycles. The van der Waals surface area contributed by atoms with Crippen LogP contribution in [0.4, 0.5) is 5.82 Å². The van der Waals surface area contributed by atoms with Crippen molar-refractivity contribution in [2.24, 2.45) is 0 Å². The van der Waals surface area contributed by atoms with Gasteiger partial charge >= 0.3 is 5.97 Å². The number of nitrogens with zero attached hydrogens (tertiary/aromatic N) is 2. The van der Waals surface area contributed by atoms with Crippen LogP contribution in [0.5, 0.6) is 5.75 Å². The van der Waals surface area contributed by atoms with Crippen LogP contribution < -0.4 is 10.1 Å². The lowest BCUT2D eigenvalue weighted by Crippen LogP contribution is -2.34. The molecule has 1 atom stereocenters. The highest BCUT2D eigenvalue weighted by atomic mass is 32.2. The van der Waals surface area contributed by atoms with Gasteiger partial charge < -0.3 is 14.8 Å². The van der Waals surface area contributed by atoms with E-state index in [1.54, 1.807) is 30.1 Å². The number of para-hydroxylation sites is 1. The normalized spacial score (nSPS) is 15.5. The van der Waals surface area contributed by atoms with Gasteiger partial charge in [0.25, 0.3) is 0 Å². The van der Waals surface area contributed by atoms with Crippen molar-refractivity contribution in [3.05, 3.63) is 48.2 Å². The Morgan fingerprint density at radius 3 is 3.17 bits per heavy atom. The first-order chi connectivity index (χ1) is 11.8. The van der Waals surface area contributed by atoms with Crippen LogP contribution in [0.15, 0.2) is 47.5 Å². The van der Waals surface area contributed by atoms with Crippen molar-refractivity contribution >= 4 is 23.5 Å². The third-order valence-corrected chi connectivity index (χ3v) is 4.46. The first-order valence-electron chi connectivity index (χ1n) is 7.42. The van der Waals surface area contributed by atoms with Crippen molar-refractivity contribution < 1.29 is 14.3 Å². The lowest BCUT2D eigenvalue weighted by molar-refractivity contribution is -0.150. The standard InChI is InChI=1S/C17H15N3O3S/c18-10-12-4-3-7-19-16(12)20-8-9-22-17(21)14-11-24-15-6-2-1-5-13(15)23-14/h1-7,14H,8-9,11H2,(H,19,20)/t14-/m1/s1. The minimum Gasteiger partial charge on any atom is -0.477 e. The number of anilines is 1. The van der Waals surface area contributed by atoms with Gasteiger partial charge in [-0.25, -0.2) is 9.78 Å². The summed E-state index contributed by atoms with van der Waals surface area (Å²) in [6.07, 6.45) is 0.995. The Kier molecular flexibility index (Phi) is 5.18. The van der Waals surface area contributed by atoms with Crippen LogP contribution in [-0.2, 0) is 9.53 Å². The number of carbonyl (C=O) groups is 1. The lowest BCUT2D eigenvalue weighted by Gasteiger charge is -2.24. The molecule has 24 heavy (non-hydrogen) atoms. The number of aromatic nitrogens is 1. The van der Waals surface area contributed by atoms with E-state index in [4.69, 9.17) is 14.7 Å². The number of pyridine rings is 1. The largest absolute Gasteiger partial charge is 0.477 e. The number of hydrogen-bond donors (Lipinski definition) is 1. The van der Waals surface area contributed by atoms with Gasteiger partial charge in [-0.15, -0.1) is 11.8 Å². The SMILES string of the molecule is N#Cc1cccnc1NCCOC(=O)[C@H]1CSc2ccccc2O1. The fourth-order valence-electron chi connectivity index (χ4n) is 2.19. The van der Waals surface area contributed by atoms with Crippen molar-refractivity contribution in [2.75, 3.05) is 24.2 Å². The third-order valence-electron chi connectivity index (χ3n) is 3.34. The zero-order valence-corrected chi connectivity index (χ0v) is 13.6. The monoisotopic (exact) mass is 341 g/mol. The van der Waals surface area contributed by atoms with Gasteiger partial charge in [0.15, 0.2) is 0 Å². The highest BCUT2D eigenvalue weighted by Gasteiger charge is 2.27. The molecule has 2 aromatic rings. The summed E-state index contributed by atoms with van der Waals surface area (Å²) in [7, 11) is 0. The molecule has 0 spiro atoms. The van der Waals surface area contributed by atoms with Crippen LogP contribution in [-0.4, -0.2) is 36.0 Å². The van der Waals surface area contributed by atoms with Gasteiger partial charge in [-0.2, -0.15) is 5.26 Å². The van der Waals surface area contributed by atoms with Gasteiger partial charge in [0.1, 0.15) is 24.2 Å². The molecule has 0 fully saturated rings. The van der Waals surface area contributed by atoms with E-state index < -0.39 is 6.10 Å². The molecule has 122 valence electrons. The quantitative estimate of drug-likeness (QED) is 0.660. The van der Waals surface area contributed by atoms with E-state index >= 15 is 0 Å².